The van der Waals surface area contributed by atoms with Gasteiger partial charge in [-0.3, -0.25) is 10.1 Å². The number of hydrogen-bond acceptors (Lipinski definition) is 8. The van der Waals surface area contributed by atoms with Crippen LogP contribution in [0, 0.1) is 0 Å². The summed E-state index contributed by atoms with van der Waals surface area (Å²) in [5.41, 5.74) is 0. The van der Waals surface area contributed by atoms with Gasteiger partial charge in [-0.2, -0.15) is 0 Å². The van der Waals surface area contributed by atoms with Crippen molar-refractivity contribution in [1.82, 2.24) is 5.32 Å². The molecule has 1 aliphatic heterocycles. The van der Waals surface area contributed by atoms with E-state index in [0.717, 1.165) is 11.8 Å². The van der Waals surface area contributed by atoms with Gasteiger partial charge in [-0.15, -0.1) is 11.8 Å². The van der Waals surface area contributed by atoms with Gasteiger partial charge in [-0.05, 0) is 13.8 Å². The SMILES string of the molecule is CC1(C)SC([C@@H](O)[C@@H](O)[C@H](O)[C@H](O)CO)N[C@H]1C(=O)O. The molecule has 0 spiro atoms. The lowest BCUT2D eigenvalue weighted by Crippen LogP contribution is -2.53. The van der Waals surface area contributed by atoms with Gasteiger partial charge in [-0.1, -0.05) is 0 Å². The Kier molecular flexibility index (Phi) is 5.79. The largest absolute Gasteiger partial charge is 0.480 e. The number of carboxylic acids is 1. The van der Waals surface area contributed by atoms with Gasteiger partial charge in [-0.25, -0.2) is 0 Å². The summed E-state index contributed by atoms with van der Waals surface area (Å²) in [5, 5.41) is 58.2. The lowest BCUT2D eigenvalue weighted by molar-refractivity contribution is -0.140. The molecule has 1 rings (SSSR count). The summed E-state index contributed by atoms with van der Waals surface area (Å²) < 4.78 is -0.711. The number of nitrogens with one attached hydrogen (secondary N) is 1. The van der Waals surface area contributed by atoms with Crippen molar-refractivity contribution in [2.24, 2.45) is 0 Å². The van der Waals surface area contributed by atoms with Crippen molar-refractivity contribution in [1.29, 1.82) is 0 Å². The maximum absolute atomic E-state index is 11.1. The number of rotatable bonds is 6. The van der Waals surface area contributed by atoms with E-state index >= 15 is 0 Å². The molecule has 9 heteroatoms. The zero-order valence-electron chi connectivity index (χ0n) is 11.2. The summed E-state index contributed by atoms with van der Waals surface area (Å²) in [7, 11) is 0. The topological polar surface area (TPSA) is 150 Å². The number of carboxylic acid groups (broad SMARTS) is 1. The molecule has 0 aliphatic carbocycles. The number of carbonyl (C=O) groups is 1. The smallest absolute Gasteiger partial charge is 0.322 e. The number of hydrogen-bond donors (Lipinski definition) is 7. The Bertz CT molecular complexity index is 354. The van der Waals surface area contributed by atoms with Crippen LogP contribution >= 0.6 is 11.8 Å². The van der Waals surface area contributed by atoms with Crippen LogP contribution in [-0.2, 0) is 4.79 Å². The zero-order chi connectivity index (χ0) is 15.7. The minimum Gasteiger partial charge on any atom is -0.480 e. The van der Waals surface area contributed by atoms with Gasteiger partial charge in [0.2, 0.25) is 0 Å². The third-order valence-corrected chi connectivity index (χ3v) is 4.81. The van der Waals surface area contributed by atoms with Gasteiger partial charge in [0, 0.05) is 4.75 Å². The van der Waals surface area contributed by atoms with E-state index in [-0.39, 0.29) is 0 Å². The molecule has 8 nitrogen and oxygen atoms in total. The van der Waals surface area contributed by atoms with E-state index in [2.05, 4.69) is 5.32 Å². The highest BCUT2D eigenvalue weighted by Gasteiger charge is 2.49. The standard InChI is InChI=1S/C11H21NO7S/c1-11(2)8(10(18)19)12-9(20-11)7(17)6(16)5(15)4(14)3-13/h4-9,12-17H,3H2,1-2H3,(H,18,19)/t4-,5-,6+,7+,8+,9?/m1/s1. The molecular formula is C11H21NO7S. The first-order valence-corrected chi connectivity index (χ1v) is 6.99. The number of aliphatic hydroxyl groups is 5. The van der Waals surface area contributed by atoms with Gasteiger partial charge >= 0.3 is 5.97 Å². The molecule has 7 N–H and O–H groups in total. The van der Waals surface area contributed by atoms with E-state index in [1.54, 1.807) is 13.8 Å². The summed E-state index contributed by atoms with van der Waals surface area (Å²) in [5.74, 6) is -1.08. The molecule has 0 bridgehead atoms. The van der Waals surface area contributed by atoms with Gasteiger partial charge in [0.1, 0.15) is 30.5 Å². The van der Waals surface area contributed by atoms with Crippen molar-refractivity contribution >= 4 is 17.7 Å². The summed E-state index contributed by atoms with van der Waals surface area (Å²) in [4.78, 5) is 11.1. The Morgan fingerprint density at radius 1 is 1.25 bits per heavy atom. The molecule has 0 aromatic heterocycles. The maximum atomic E-state index is 11.1. The Morgan fingerprint density at radius 2 is 1.80 bits per heavy atom. The van der Waals surface area contributed by atoms with Gasteiger partial charge in [0.05, 0.1) is 12.0 Å². The molecule has 1 fully saturated rings. The van der Waals surface area contributed by atoms with E-state index in [1.807, 2.05) is 0 Å². The molecule has 0 radical (unpaired) electrons. The van der Waals surface area contributed by atoms with Crippen LogP contribution in [0.1, 0.15) is 13.8 Å². The quantitative estimate of drug-likeness (QED) is 0.278. The molecule has 20 heavy (non-hydrogen) atoms. The van der Waals surface area contributed by atoms with Crippen LogP contribution in [0.15, 0.2) is 0 Å². The lowest BCUT2D eigenvalue weighted by atomic mass is 10.0. The molecular weight excluding hydrogens is 290 g/mol. The van der Waals surface area contributed by atoms with E-state index in [0.29, 0.717) is 0 Å². The average Bonchev–Trinajstić information content (AvgIpc) is 2.70. The van der Waals surface area contributed by atoms with Crippen LogP contribution in [0.2, 0.25) is 0 Å². The van der Waals surface area contributed by atoms with E-state index in [1.165, 1.54) is 0 Å². The van der Waals surface area contributed by atoms with Crippen molar-refractivity contribution in [2.75, 3.05) is 6.61 Å². The van der Waals surface area contributed by atoms with Crippen LogP contribution in [-0.4, -0.2) is 83.8 Å². The summed E-state index contributed by atoms with van der Waals surface area (Å²) in [6, 6.07) is -0.917. The van der Waals surface area contributed by atoms with Crippen LogP contribution in [0.3, 0.4) is 0 Å². The van der Waals surface area contributed by atoms with Crippen LogP contribution in [0.25, 0.3) is 0 Å². The number of aliphatic carboxylic acids is 1. The third kappa shape index (κ3) is 3.61. The number of thioether (sulfide) groups is 1. The van der Waals surface area contributed by atoms with Crippen molar-refractivity contribution in [3.05, 3.63) is 0 Å². The average molecular weight is 311 g/mol. The lowest BCUT2D eigenvalue weighted by Gasteiger charge is -2.29. The first kappa shape index (κ1) is 17.6. The molecule has 1 unspecified atom stereocenters. The molecule has 0 amide bonds. The molecule has 1 saturated heterocycles. The highest BCUT2D eigenvalue weighted by molar-refractivity contribution is 8.01. The molecule has 0 saturated carbocycles. The summed E-state index contributed by atoms with van der Waals surface area (Å²) >= 11 is 1.12. The Morgan fingerprint density at radius 3 is 2.20 bits per heavy atom. The zero-order valence-corrected chi connectivity index (χ0v) is 12.0. The van der Waals surface area contributed by atoms with E-state index in [9.17, 15) is 25.2 Å². The molecule has 1 aliphatic rings. The Hall–Kier alpha value is -0.420. The maximum Gasteiger partial charge on any atom is 0.322 e. The van der Waals surface area contributed by atoms with Crippen LogP contribution in [0.5, 0.6) is 0 Å². The fourth-order valence-corrected chi connectivity index (χ4v) is 3.51. The van der Waals surface area contributed by atoms with Gasteiger partial charge < -0.3 is 30.6 Å². The highest BCUT2D eigenvalue weighted by atomic mass is 32.2. The summed E-state index contributed by atoms with van der Waals surface area (Å²) in [6.07, 6.45) is -6.54. The summed E-state index contributed by atoms with van der Waals surface area (Å²) in [6.45, 7) is 2.60. The van der Waals surface area contributed by atoms with E-state index < -0.39 is 53.2 Å². The van der Waals surface area contributed by atoms with Gasteiger partial charge in [0.25, 0.3) is 0 Å². The first-order chi connectivity index (χ1) is 9.11. The van der Waals surface area contributed by atoms with Gasteiger partial charge in [0.15, 0.2) is 0 Å². The minimum absolute atomic E-state index is 0.711. The fourth-order valence-electron chi connectivity index (χ4n) is 2.05. The predicted octanol–water partition coefficient (Wildman–Crippen LogP) is -2.68. The first-order valence-electron chi connectivity index (χ1n) is 6.11. The fraction of sp³-hybridized carbons (Fsp3) is 0.909. The second-order valence-corrected chi connectivity index (χ2v) is 7.10. The third-order valence-electron chi connectivity index (χ3n) is 3.30. The normalized spacial score (nSPS) is 31.6. The molecule has 6 atom stereocenters. The highest BCUT2D eigenvalue weighted by Crippen LogP contribution is 2.39. The molecule has 118 valence electrons. The van der Waals surface area contributed by atoms with E-state index in [4.69, 9.17) is 10.2 Å². The van der Waals surface area contributed by atoms with Crippen molar-refractivity contribution < 1.29 is 35.4 Å². The second kappa shape index (κ2) is 6.56. The minimum atomic E-state index is -1.73. The predicted molar refractivity (Wildman–Crippen MR) is 71.1 cm³/mol. The number of aliphatic hydroxyl groups excluding tert-OH is 5. The van der Waals surface area contributed by atoms with Crippen molar-refractivity contribution in [2.45, 2.75) is 54.4 Å². The molecule has 1 heterocycles. The van der Waals surface area contributed by atoms with Crippen LogP contribution < -0.4 is 5.32 Å². The monoisotopic (exact) mass is 311 g/mol. The van der Waals surface area contributed by atoms with Crippen LogP contribution in [0.4, 0.5) is 0 Å². The van der Waals surface area contributed by atoms with Crippen molar-refractivity contribution in [3.8, 4) is 0 Å². The Balaban J connectivity index is 2.74. The van der Waals surface area contributed by atoms with Crippen molar-refractivity contribution in [3.63, 3.8) is 0 Å². The Labute approximate surface area is 120 Å². The molecule has 0 aromatic rings. The molecule has 0 aromatic carbocycles. The second-order valence-electron chi connectivity index (χ2n) is 5.30.